The van der Waals surface area contributed by atoms with Crippen LogP contribution in [-0.4, -0.2) is 7.12 Å². The fourth-order valence-corrected chi connectivity index (χ4v) is 0.876. The van der Waals surface area contributed by atoms with Crippen LogP contribution in [-0.2, 0) is 0 Å². The predicted octanol–water partition coefficient (Wildman–Crippen LogP) is -7.16. The van der Waals surface area contributed by atoms with E-state index in [2.05, 4.69) is 0 Å². The molecule has 0 spiro atoms. The molecule has 1 aromatic rings. The molecule has 0 N–H and O–H groups in total. The van der Waals surface area contributed by atoms with Crippen molar-refractivity contribution in [3.05, 3.63) is 29.1 Å². The topological polar surface area (TPSA) is 46.1 Å². The molecule has 0 aliphatic carbocycles. The molecule has 1 aromatic carbocycles. The van der Waals surface area contributed by atoms with Crippen molar-refractivity contribution in [1.82, 2.24) is 0 Å². The third kappa shape index (κ3) is 4.80. The van der Waals surface area contributed by atoms with Gasteiger partial charge in [0, 0.05) is 5.56 Å². The van der Waals surface area contributed by atoms with E-state index in [-0.39, 0.29) is 103 Å². The van der Waals surface area contributed by atoms with Crippen LogP contribution < -0.4 is 118 Å². The normalized spacial score (nSPS) is 8.93. The van der Waals surface area contributed by atoms with Crippen LogP contribution in [0, 0.1) is 24.4 Å². The average molecular weight is 266 g/mol. The Bertz CT molecular complexity index is 349. The van der Waals surface area contributed by atoms with Gasteiger partial charge in [-0.25, -0.2) is 13.2 Å². The van der Waals surface area contributed by atoms with Crippen molar-refractivity contribution in [2.75, 3.05) is 0 Å². The Kier molecular flexibility index (Phi) is 11.0. The van der Waals surface area contributed by atoms with Crippen LogP contribution in [0.1, 0.15) is 5.56 Å². The Hall–Kier alpha value is 2.27. The van der Waals surface area contributed by atoms with Gasteiger partial charge in [-0.1, -0.05) is 12.6 Å². The summed E-state index contributed by atoms with van der Waals surface area (Å²) in [6, 6.07) is 0.429. The molecule has 0 aliphatic heterocycles. The zero-order valence-electron chi connectivity index (χ0n) is 8.61. The fraction of sp³-hybridized carbons (Fsp3) is 0.143. The summed E-state index contributed by atoms with van der Waals surface area (Å²) in [6.45, 7) is 1.02. The van der Waals surface area contributed by atoms with Crippen LogP contribution in [0.15, 0.2) is 6.07 Å². The second-order valence-corrected chi connectivity index (χ2v) is 2.53. The van der Waals surface area contributed by atoms with Crippen molar-refractivity contribution in [3.8, 4) is 0 Å². The Morgan fingerprint density at radius 1 is 1.07 bits per heavy atom. The van der Waals surface area contributed by atoms with E-state index in [0.717, 1.165) is 6.92 Å². The van der Waals surface area contributed by atoms with Gasteiger partial charge in [-0.15, -0.1) is 0 Å². The van der Waals surface area contributed by atoms with E-state index in [0.29, 0.717) is 6.07 Å². The predicted molar refractivity (Wildman–Crippen MR) is 36.4 cm³/mol. The van der Waals surface area contributed by atoms with Gasteiger partial charge < -0.3 is 10.0 Å². The fourth-order valence-electron chi connectivity index (χ4n) is 0.876. The largest absolute Gasteiger partial charge is 1.00 e. The van der Waals surface area contributed by atoms with Crippen LogP contribution in [0.2, 0.25) is 0 Å². The van der Waals surface area contributed by atoms with E-state index in [4.69, 9.17) is 0 Å². The maximum absolute atomic E-state index is 12.8. The summed E-state index contributed by atoms with van der Waals surface area (Å²) in [5.41, 5.74) is -1.57. The number of rotatable bonds is 1. The molecule has 0 radical (unpaired) electrons. The first kappa shape index (κ1) is 19.6. The molecule has 0 saturated carbocycles. The molecule has 15 heavy (non-hydrogen) atoms. The minimum atomic E-state index is -2.72. The maximum Gasteiger partial charge on any atom is 1.00 e. The van der Waals surface area contributed by atoms with Crippen molar-refractivity contribution in [2.24, 2.45) is 0 Å². The van der Waals surface area contributed by atoms with E-state index >= 15 is 0 Å². The Morgan fingerprint density at radius 2 is 1.53 bits per heavy atom. The van der Waals surface area contributed by atoms with E-state index in [1.165, 1.54) is 0 Å². The maximum atomic E-state index is 12.8. The number of benzene rings is 1. The van der Waals surface area contributed by atoms with Gasteiger partial charge in [0.25, 0.3) is 0 Å². The van der Waals surface area contributed by atoms with Crippen LogP contribution >= 0.6 is 0 Å². The second kappa shape index (κ2) is 8.38. The third-order valence-electron chi connectivity index (χ3n) is 1.67. The molecule has 0 aromatic heterocycles. The molecule has 0 atom stereocenters. The number of halogens is 3. The summed E-state index contributed by atoms with van der Waals surface area (Å²) in [7, 11) is -2.72. The molecule has 1 rings (SSSR count). The molecule has 0 aliphatic rings. The molecule has 0 fully saturated rings. The molecule has 0 heterocycles. The van der Waals surface area contributed by atoms with Crippen molar-refractivity contribution >= 4 is 12.6 Å². The molecule has 8 heteroatoms. The SMILES string of the molecule is Cc1c(F)cc(B([O-])[O-])c(F)c1F.[K+].[K+]. The first-order valence-electron chi connectivity index (χ1n) is 3.40. The zero-order valence-corrected chi connectivity index (χ0v) is 14.9. The van der Waals surface area contributed by atoms with Gasteiger partial charge in [0.2, 0.25) is 0 Å². The van der Waals surface area contributed by atoms with Gasteiger partial charge >= 0.3 is 103 Å². The molecule has 0 amide bonds. The summed E-state index contributed by atoms with van der Waals surface area (Å²) < 4.78 is 38.2. The van der Waals surface area contributed by atoms with Gasteiger partial charge in [0.15, 0.2) is 5.82 Å². The van der Waals surface area contributed by atoms with Crippen LogP contribution in [0.4, 0.5) is 13.2 Å². The van der Waals surface area contributed by atoms with Crippen LogP contribution in [0.3, 0.4) is 0 Å². The Morgan fingerprint density at radius 3 is 1.93 bits per heavy atom. The van der Waals surface area contributed by atoms with Gasteiger partial charge in [0.1, 0.15) is 11.6 Å². The standard InChI is InChI=1S/C7H4BF3O2.2K/c1-3-5(9)2-4(8(12)13)7(11)6(3)10;;/h2H,1H3;;/q-2;2*+1. The number of hydrogen-bond acceptors (Lipinski definition) is 2. The van der Waals surface area contributed by atoms with Gasteiger partial charge in [-0.3, -0.25) is 0 Å². The number of hydrogen-bond donors (Lipinski definition) is 0. The van der Waals surface area contributed by atoms with Gasteiger partial charge in [0.05, 0.1) is 0 Å². The summed E-state index contributed by atoms with van der Waals surface area (Å²) >= 11 is 0. The Balaban J connectivity index is 0. The first-order valence-corrected chi connectivity index (χ1v) is 3.40. The molecule has 0 saturated heterocycles. The van der Waals surface area contributed by atoms with Crippen molar-refractivity contribution in [2.45, 2.75) is 6.92 Å². The second-order valence-electron chi connectivity index (χ2n) is 2.53. The Labute approximate surface area is 171 Å². The average Bonchev–Trinajstić information content (AvgIpc) is 2.07. The van der Waals surface area contributed by atoms with Crippen molar-refractivity contribution in [1.29, 1.82) is 0 Å². The molecule has 0 unspecified atom stereocenters. The van der Waals surface area contributed by atoms with E-state index in [1.807, 2.05) is 0 Å². The monoisotopic (exact) mass is 266 g/mol. The molecule has 2 nitrogen and oxygen atoms in total. The summed E-state index contributed by atoms with van der Waals surface area (Å²) in [6.07, 6.45) is 0. The third-order valence-corrected chi connectivity index (χ3v) is 1.67. The van der Waals surface area contributed by atoms with Crippen molar-refractivity contribution in [3.63, 3.8) is 0 Å². The van der Waals surface area contributed by atoms with Gasteiger partial charge in [-0.05, 0) is 13.0 Å². The summed E-state index contributed by atoms with van der Waals surface area (Å²) in [4.78, 5) is 0. The smallest absolute Gasteiger partial charge is 0.889 e. The van der Waals surface area contributed by atoms with E-state index in [1.54, 1.807) is 0 Å². The van der Waals surface area contributed by atoms with Crippen molar-refractivity contribution < 1.29 is 126 Å². The first-order chi connectivity index (χ1) is 5.95. The summed E-state index contributed by atoms with van der Waals surface area (Å²) in [5, 5.41) is 20.5. The molecular formula is C7H4BF3K2O2. The molecule has 0 bridgehead atoms. The molecule has 70 valence electrons. The van der Waals surface area contributed by atoms with Crippen LogP contribution in [0.25, 0.3) is 0 Å². The quantitative estimate of drug-likeness (QED) is 0.374. The minimum absolute atomic E-state index is 0. The van der Waals surface area contributed by atoms with Crippen LogP contribution in [0.5, 0.6) is 0 Å². The van der Waals surface area contributed by atoms with E-state index < -0.39 is 35.6 Å². The minimum Gasteiger partial charge on any atom is -0.889 e. The zero-order chi connectivity index (χ0) is 10.2. The van der Waals surface area contributed by atoms with Gasteiger partial charge in [-0.2, -0.15) is 0 Å². The molecular weight excluding hydrogens is 262 g/mol. The van der Waals surface area contributed by atoms with E-state index in [9.17, 15) is 23.2 Å². The summed E-state index contributed by atoms with van der Waals surface area (Å²) in [5.74, 6) is -4.13.